The molecule has 0 bridgehead atoms. The lowest BCUT2D eigenvalue weighted by atomic mass is 10.1. The predicted octanol–water partition coefficient (Wildman–Crippen LogP) is 4.38. The molecule has 1 heterocycles. The molecule has 0 amide bonds. The Kier molecular flexibility index (Phi) is 3.25. The monoisotopic (exact) mass is 264 g/mol. The molecule has 0 atom stereocenters. The lowest BCUT2D eigenvalue weighted by Crippen LogP contribution is -1.95. The fourth-order valence-electron chi connectivity index (χ4n) is 2.26. The first kappa shape index (κ1) is 12.5. The molecule has 0 saturated carbocycles. The van der Waals surface area contributed by atoms with Crippen LogP contribution in [-0.4, -0.2) is 12.0 Å². The maximum absolute atomic E-state index is 5.93. The van der Waals surface area contributed by atoms with Gasteiger partial charge in [-0.3, -0.25) is 0 Å². The van der Waals surface area contributed by atoms with Gasteiger partial charge in [-0.15, -0.1) is 0 Å². The Labute approximate surface area is 118 Å². The van der Waals surface area contributed by atoms with Crippen LogP contribution in [0, 0.1) is 6.92 Å². The number of benzene rings is 2. The van der Waals surface area contributed by atoms with Gasteiger partial charge in [-0.1, -0.05) is 24.3 Å². The third-order valence-corrected chi connectivity index (χ3v) is 3.19. The van der Waals surface area contributed by atoms with E-state index in [9.17, 15) is 0 Å². The Morgan fingerprint density at radius 3 is 2.50 bits per heavy atom. The normalized spacial score (nSPS) is 10.5. The number of nitrogens with zero attached hydrogens (tertiary/aromatic N) is 1. The average molecular weight is 264 g/mol. The summed E-state index contributed by atoms with van der Waals surface area (Å²) in [6.45, 7) is 1.98. The molecule has 1 aromatic heterocycles. The van der Waals surface area contributed by atoms with Crippen molar-refractivity contribution in [2.75, 3.05) is 12.4 Å². The summed E-state index contributed by atoms with van der Waals surface area (Å²) in [4.78, 5) is 4.52. The summed E-state index contributed by atoms with van der Waals surface area (Å²) in [5.41, 5.74) is 2.01. The second-order valence-corrected chi connectivity index (χ2v) is 4.63. The molecular weight excluding hydrogens is 248 g/mol. The maximum Gasteiger partial charge on any atom is 0.227 e. The zero-order valence-electron chi connectivity index (χ0n) is 11.6. The van der Waals surface area contributed by atoms with Crippen molar-refractivity contribution >= 4 is 16.5 Å². The van der Waals surface area contributed by atoms with Crippen LogP contribution >= 0.6 is 0 Å². The van der Waals surface area contributed by atoms with E-state index in [0.29, 0.717) is 5.88 Å². The predicted molar refractivity (Wildman–Crippen MR) is 82.5 cm³/mol. The highest BCUT2D eigenvalue weighted by Crippen LogP contribution is 2.32. The lowest BCUT2D eigenvalue weighted by molar-refractivity contribution is 0.468. The summed E-state index contributed by atoms with van der Waals surface area (Å²) in [6, 6.07) is 17.9. The van der Waals surface area contributed by atoms with Gasteiger partial charge in [0, 0.05) is 29.2 Å². The molecular formula is C17H16N2O. The molecule has 0 unspecified atom stereocenters. The molecule has 0 aliphatic carbocycles. The van der Waals surface area contributed by atoms with E-state index in [-0.39, 0.29) is 0 Å². The molecule has 0 spiro atoms. The fourth-order valence-corrected chi connectivity index (χ4v) is 2.26. The van der Waals surface area contributed by atoms with Crippen LogP contribution in [0.1, 0.15) is 5.69 Å². The van der Waals surface area contributed by atoms with Gasteiger partial charge in [0.2, 0.25) is 5.88 Å². The first-order valence-electron chi connectivity index (χ1n) is 6.59. The van der Waals surface area contributed by atoms with Gasteiger partial charge in [0.05, 0.1) is 0 Å². The van der Waals surface area contributed by atoms with E-state index in [1.54, 1.807) is 0 Å². The van der Waals surface area contributed by atoms with E-state index in [1.807, 2.05) is 62.5 Å². The van der Waals surface area contributed by atoms with Gasteiger partial charge in [-0.2, -0.15) is 0 Å². The molecule has 3 heteroatoms. The SMILES string of the molecule is CNc1cccc2c(Oc3ccccc3)nc(C)cc12. The van der Waals surface area contributed by atoms with Crippen molar-refractivity contribution in [3.63, 3.8) is 0 Å². The van der Waals surface area contributed by atoms with Crippen LogP contribution < -0.4 is 10.1 Å². The van der Waals surface area contributed by atoms with Crippen LogP contribution in [0.15, 0.2) is 54.6 Å². The molecule has 3 rings (SSSR count). The minimum atomic E-state index is 0.642. The highest BCUT2D eigenvalue weighted by Gasteiger charge is 2.09. The minimum absolute atomic E-state index is 0.642. The molecule has 1 N–H and O–H groups in total. The Bertz CT molecular complexity index is 739. The third kappa shape index (κ3) is 2.30. The smallest absolute Gasteiger partial charge is 0.227 e. The van der Waals surface area contributed by atoms with Crippen LogP contribution in [0.5, 0.6) is 11.6 Å². The van der Waals surface area contributed by atoms with Gasteiger partial charge in [-0.05, 0) is 37.3 Å². The van der Waals surface area contributed by atoms with Crippen molar-refractivity contribution in [2.45, 2.75) is 6.92 Å². The van der Waals surface area contributed by atoms with Crippen molar-refractivity contribution in [3.05, 3.63) is 60.3 Å². The van der Waals surface area contributed by atoms with Gasteiger partial charge in [0.15, 0.2) is 0 Å². The number of nitrogens with one attached hydrogen (secondary N) is 1. The summed E-state index contributed by atoms with van der Waals surface area (Å²) in [5, 5.41) is 5.33. The molecule has 2 aromatic carbocycles. The van der Waals surface area contributed by atoms with Crippen molar-refractivity contribution in [3.8, 4) is 11.6 Å². The number of aromatic nitrogens is 1. The van der Waals surface area contributed by atoms with E-state index in [1.165, 1.54) is 0 Å². The van der Waals surface area contributed by atoms with Gasteiger partial charge >= 0.3 is 0 Å². The summed E-state index contributed by atoms with van der Waals surface area (Å²) in [5.74, 6) is 1.44. The minimum Gasteiger partial charge on any atom is -0.438 e. The standard InChI is InChI=1S/C17H16N2O/c1-12-11-15-14(9-6-10-16(15)18-2)17(19-12)20-13-7-4-3-5-8-13/h3-11,18H,1-2H3. The van der Waals surface area contributed by atoms with E-state index in [0.717, 1.165) is 27.9 Å². The second-order valence-electron chi connectivity index (χ2n) is 4.63. The summed E-state index contributed by atoms with van der Waals surface area (Å²) < 4.78 is 5.93. The Morgan fingerprint density at radius 1 is 0.950 bits per heavy atom. The van der Waals surface area contributed by atoms with Crippen LogP contribution in [0.2, 0.25) is 0 Å². The van der Waals surface area contributed by atoms with Gasteiger partial charge in [0.25, 0.3) is 0 Å². The van der Waals surface area contributed by atoms with Crippen molar-refractivity contribution in [1.82, 2.24) is 4.98 Å². The summed E-state index contributed by atoms with van der Waals surface area (Å²) in [6.07, 6.45) is 0. The quantitative estimate of drug-likeness (QED) is 0.762. The highest BCUT2D eigenvalue weighted by molar-refractivity contribution is 5.97. The first-order chi connectivity index (χ1) is 9.78. The lowest BCUT2D eigenvalue weighted by Gasteiger charge is -2.11. The fraction of sp³-hybridized carbons (Fsp3) is 0.118. The van der Waals surface area contributed by atoms with Crippen LogP contribution in [0.4, 0.5) is 5.69 Å². The molecule has 0 aliphatic rings. The molecule has 3 nitrogen and oxygen atoms in total. The summed E-state index contributed by atoms with van der Waals surface area (Å²) >= 11 is 0. The molecule has 100 valence electrons. The zero-order chi connectivity index (χ0) is 13.9. The molecule has 0 saturated heterocycles. The van der Waals surface area contributed by atoms with Crippen LogP contribution in [-0.2, 0) is 0 Å². The largest absolute Gasteiger partial charge is 0.438 e. The Balaban J connectivity index is 2.15. The van der Waals surface area contributed by atoms with E-state index < -0.39 is 0 Å². The number of fused-ring (bicyclic) bond motifs is 1. The number of hydrogen-bond donors (Lipinski definition) is 1. The first-order valence-corrected chi connectivity index (χ1v) is 6.59. The topological polar surface area (TPSA) is 34.1 Å². The van der Waals surface area contributed by atoms with Crippen molar-refractivity contribution in [2.24, 2.45) is 0 Å². The van der Waals surface area contributed by atoms with Crippen molar-refractivity contribution < 1.29 is 4.74 Å². The number of rotatable bonds is 3. The Hall–Kier alpha value is -2.55. The van der Waals surface area contributed by atoms with Gasteiger partial charge in [-0.25, -0.2) is 4.98 Å². The van der Waals surface area contributed by atoms with Gasteiger partial charge < -0.3 is 10.1 Å². The zero-order valence-corrected chi connectivity index (χ0v) is 11.6. The highest BCUT2D eigenvalue weighted by atomic mass is 16.5. The molecule has 20 heavy (non-hydrogen) atoms. The molecule has 0 aliphatic heterocycles. The number of anilines is 1. The van der Waals surface area contributed by atoms with Crippen LogP contribution in [0.25, 0.3) is 10.8 Å². The Morgan fingerprint density at radius 2 is 1.75 bits per heavy atom. The number of pyridine rings is 1. The van der Waals surface area contributed by atoms with Crippen LogP contribution in [0.3, 0.4) is 0 Å². The number of aryl methyl sites for hydroxylation is 1. The molecule has 0 fully saturated rings. The average Bonchev–Trinajstić information content (AvgIpc) is 2.47. The summed E-state index contributed by atoms with van der Waals surface area (Å²) in [7, 11) is 1.92. The number of ether oxygens (including phenoxy) is 1. The van der Waals surface area contributed by atoms with Crippen molar-refractivity contribution in [1.29, 1.82) is 0 Å². The molecule has 3 aromatic rings. The maximum atomic E-state index is 5.93. The number of para-hydroxylation sites is 1. The molecule has 0 radical (unpaired) electrons. The van der Waals surface area contributed by atoms with E-state index >= 15 is 0 Å². The number of hydrogen-bond acceptors (Lipinski definition) is 3. The second kappa shape index (κ2) is 5.21. The van der Waals surface area contributed by atoms with E-state index in [2.05, 4.69) is 16.4 Å². The van der Waals surface area contributed by atoms with E-state index in [4.69, 9.17) is 4.74 Å². The third-order valence-electron chi connectivity index (χ3n) is 3.19. The van der Waals surface area contributed by atoms with Gasteiger partial charge in [0.1, 0.15) is 5.75 Å².